The molecule has 0 aromatic carbocycles. The first kappa shape index (κ1) is 21.0. The maximum atomic E-state index is 11.8. The summed E-state index contributed by atoms with van der Waals surface area (Å²) in [5.74, 6) is 0.866. The summed E-state index contributed by atoms with van der Waals surface area (Å²) >= 11 is 0. The lowest BCUT2D eigenvalue weighted by atomic mass is 9.99. The van der Waals surface area contributed by atoms with E-state index in [0.717, 1.165) is 31.2 Å². The van der Waals surface area contributed by atoms with Gasteiger partial charge >= 0.3 is 0 Å². The summed E-state index contributed by atoms with van der Waals surface area (Å²) in [5, 5.41) is 2.95. The molecule has 0 saturated carbocycles. The zero-order valence-electron chi connectivity index (χ0n) is 13.0. The van der Waals surface area contributed by atoms with Crippen LogP contribution < -0.4 is 11.1 Å². The van der Waals surface area contributed by atoms with Gasteiger partial charge in [0.15, 0.2) is 0 Å². The van der Waals surface area contributed by atoms with E-state index in [2.05, 4.69) is 22.1 Å². The quantitative estimate of drug-likeness (QED) is 0.852. The van der Waals surface area contributed by atoms with Crippen LogP contribution in [0.25, 0.3) is 0 Å². The Bertz CT molecular complexity index is 434. The Morgan fingerprint density at radius 2 is 2.05 bits per heavy atom. The van der Waals surface area contributed by atoms with Gasteiger partial charge in [-0.1, -0.05) is 6.92 Å². The van der Waals surface area contributed by atoms with E-state index in [-0.39, 0.29) is 30.7 Å². The second kappa shape index (κ2) is 10.6. The number of nitrogens with one attached hydrogen (secondary N) is 1. The van der Waals surface area contributed by atoms with Crippen LogP contribution in [0.3, 0.4) is 0 Å². The van der Waals surface area contributed by atoms with Crippen LogP contribution in [0, 0.1) is 5.92 Å². The number of nitrogens with zero attached hydrogens (tertiary/aromatic N) is 2. The summed E-state index contributed by atoms with van der Waals surface area (Å²) in [6.45, 7) is 6.25. The van der Waals surface area contributed by atoms with Crippen molar-refractivity contribution in [3.8, 4) is 0 Å². The van der Waals surface area contributed by atoms with Crippen LogP contribution in [0.2, 0.25) is 0 Å². The largest absolute Gasteiger partial charge is 0.397 e. The monoisotopic (exact) mass is 348 g/mol. The summed E-state index contributed by atoms with van der Waals surface area (Å²) in [7, 11) is 0. The Morgan fingerprint density at radius 1 is 1.36 bits per heavy atom. The number of likely N-dealkylation sites (tertiary alicyclic amines) is 1. The highest BCUT2D eigenvalue weighted by atomic mass is 35.5. The van der Waals surface area contributed by atoms with Crippen LogP contribution in [-0.2, 0) is 11.2 Å². The number of pyridine rings is 1. The van der Waals surface area contributed by atoms with Gasteiger partial charge in [0.25, 0.3) is 0 Å². The first-order valence-electron chi connectivity index (χ1n) is 7.33. The SMILES string of the molecule is CC1CCN(CCNC(=O)Cc2ccc(N)cn2)CC1.Cl.Cl. The molecular formula is C15H26Cl2N4O. The van der Waals surface area contributed by atoms with Crippen molar-refractivity contribution >= 4 is 36.4 Å². The number of carbonyl (C=O) groups excluding carboxylic acids is 1. The summed E-state index contributed by atoms with van der Waals surface area (Å²) < 4.78 is 0. The lowest BCUT2D eigenvalue weighted by molar-refractivity contribution is -0.120. The third kappa shape index (κ3) is 7.29. The molecule has 1 aliphatic rings. The van der Waals surface area contributed by atoms with Gasteiger partial charge in [-0.2, -0.15) is 0 Å². The van der Waals surface area contributed by atoms with Crippen molar-refractivity contribution in [2.45, 2.75) is 26.2 Å². The molecule has 0 aliphatic carbocycles. The topological polar surface area (TPSA) is 71.2 Å². The van der Waals surface area contributed by atoms with Crippen LogP contribution in [0.15, 0.2) is 18.3 Å². The summed E-state index contributed by atoms with van der Waals surface area (Å²) in [4.78, 5) is 18.3. The smallest absolute Gasteiger partial charge is 0.226 e. The molecule has 5 nitrogen and oxygen atoms in total. The highest BCUT2D eigenvalue weighted by molar-refractivity contribution is 5.85. The highest BCUT2D eigenvalue weighted by Gasteiger charge is 2.15. The molecule has 126 valence electrons. The van der Waals surface area contributed by atoms with Crippen molar-refractivity contribution in [3.05, 3.63) is 24.0 Å². The molecule has 3 N–H and O–H groups in total. The molecular weight excluding hydrogens is 323 g/mol. The first-order valence-corrected chi connectivity index (χ1v) is 7.33. The zero-order chi connectivity index (χ0) is 14.4. The number of aromatic nitrogens is 1. The number of rotatable bonds is 5. The molecule has 1 saturated heterocycles. The number of nitrogens with two attached hydrogens (primary N) is 1. The molecule has 1 aromatic heterocycles. The van der Waals surface area contributed by atoms with Gasteiger partial charge in [0.1, 0.15) is 0 Å². The molecule has 1 amide bonds. The van der Waals surface area contributed by atoms with Gasteiger partial charge in [-0.25, -0.2) is 0 Å². The summed E-state index contributed by atoms with van der Waals surface area (Å²) in [5.41, 5.74) is 6.93. The molecule has 1 aliphatic heterocycles. The van der Waals surface area contributed by atoms with Crippen LogP contribution in [-0.4, -0.2) is 42.0 Å². The normalized spacial score (nSPS) is 15.5. The Balaban J connectivity index is 0.00000220. The molecule has 7 heteroatoms. The minimum atomic E-state index is 0. The number of carbonyl (C=O) groups is 1. The number of halogens is 2. The van der Waals surface area contributed by atoms with Gasteiger partial charge in [-0.05, 0) is 44.0 Å². The minimum absolute atomic E-state index is 0. The van der Waals surface area contributed by atoms with E-state index in [4.69, 9.17) is 5.73 Å². The van der Waals surface area contributed by atoms with Crippen molar-refractivity contribution in [3.63, 3.8) is 0 Å². The Kier molecular flexibility index (Phi) is 10.1. The van der Waals surface area contributed by atoms with E-state index in [1.54, 1.807) is 18.3 Å². The summed E-state index contributed by atoms with van der Waals surface area (Å²) in [6, 6.07) is 3.56. The maximum absolute atomic E-state index is 11.8. The second-order valence-corrected chi connectivity index (χ2v) is 5.63. The second-order valence-electron chi connectivity index (χ2n) is 5.63. The first-order chi connectivity index (χ1) is 9.63. The molecule has 2 rings (SSSR count). The molecule has 1 fully saturated rings. The molecule has 0 radical (unpaired) electrons. The molecule has 0 unspecified atom stereocenters. The fourth-order valence-electron chi connectivity index (χ4n) is 2.41. The molecule has 0 bridgehead atoms. The van der Waals surface area contributed by atoms with Crippen LogP contribution in [0.5, 0.6) is 0 Å². The number of anilines is 1. The number of nitrogen functional groups attached to an aromatic ring is 1. The predicted molar refractivity (Wildman–Crippen MR) is 94.7 cm³/mol. The van der Waals surface area contributed by atoms with Gasteiger partial charge in [-0.15, -0.1) is 24.8 Å². The third-order valence-electron chi connectivity index (χ3n) is 3.82. The van der Waals surface area contributed by atoms with E-state index in [0.29, 0.717) is 18.7 Å². The highest BCUT2D eigenvalue weighted by Crippen LogP contribution is 2.15. The zero-order valence-corrected chi connectivity index (χ0v) is 14.6. The van der Waals surface area contributed by atoms with Crippen LogP contribution >= 0.6 is 24.8 Å². The minimum Gasteiger partial charge on any atom is -0.397 e. The van der Waals surface area contributed by atoms with Gasteiger partial charge in [-0.3, -0.25) is 9.78 Å². The number of hydrogen-bond acceptors (Lipinski definition) is 4. The van der Waals surface area contributed by atoms with Crippen molar-refractivity contribution < 1.29 is 4.79 Å². The fourth-order valence-corrected chi connectivity index (χ4v) is 2.41. The van der Waals surface area contributed by atoms with E-state index < -0.39 is 0 Å². The number of piperidine rings is 1. The molecule has 0 atom stereocenters. The summed E-state index contributed by atoms with van der Waals surface area (Å²) in [6.07, 6.45) is 4.43. The lowest BCUT2D eigenvalue weighted by Gasteiger charge is -2.30. The Morgan fingerprint density at radius 3 is 2.64 bits per heavy atom. The van der Waals surface area contributed by atoms with Crippen molar-refractivity contribution in [1.82, 2.24) is 15.2 Å². The van der Waals surface area contributed by atoms with Gasteiger partial charge < -0.3 is 16.0 Å². The molecule has 1 aromatic rings. The van der Waals surface area contributed by atoms with Crippen molar-refractivity contribution in [2.75, 3.05) is 31.9 Å². The van der Waals surface area contributed by atoms with E-state index >= 15 is 0 Å². The predicted octanol–water partition coefficient (Wildman–Crippen LogP) is 1.90. The number of hydrogen-bond donors (Lipinski definition) is 2. The van der Waals surface area contributed by atoms with E-state index in [1.807, 2.05) is 0 Å². The van der Waals surface area contributed by atoms with Crippen molar-refractivity contribution in [2.24, 2.45) is 5.92 Å². The number of amides is 1. The van der Waals surface area contributed by atoms with Gasteiger partial charge in [0, 0.05) is 18.8 Å². The fraction of sp³-hybridized carbons (Fsp3) is 0.600. The van der Waals surface area contributed by atoms with E-state index in [1.165, 1.54) is 12.8 Å². The van der Waals surface area contributed by atoms with Crippen molar-refractivity contribution in [1.29, 1.82) is 0 Å². The average Bonchev–Trinajstić information content (AvgIpc) is 2.44. The molecule has 22 heavy (non-hydrogen) atoms. The Hall–Kier alpha value is -1.04. The van der Waals surface area contributed by atoms with E-state index in [9.17, 15) is 4.79 Å². The maximum Gasteiger partial charge on any atom is 0.226 e. The lowest BCUT2D eigenvalue weighted by Crippen LogP contribution is -2.39. The van der Waals surface area contributed by atoms with Gasteiger partial charge in [0.05, 0.1) is 18.3 Å². The standard InChI is InChI=1S/C15H24N4O.2ClH/c1-12-4-7-19(8-5-12)9-6-17-15(20)10-14-3-2-13(16)11-18-14;;/h2-3,11-12H,4-10,16H2,1H3,(H,17,20);2*1H. The van der Waals surface area contributed by atoms with Gasteiger partial charge in [0.2, 0.25) is 5.91 Å². The van der Waals surface area contributed by atoms with Crippen LogP contribution in [0.1, 0.15) is 25.5 Å². The molecule has 2 heterocycles. The Labute approximate surface area is 144 Å². The van der Waals surface area contributed by atoms with Crippen LogP contribution in [0.4, 0.5) is 5.69 Å². The average molecular weight is 349 g/mol. The molecule has 0 spiro atoms. The third-order valence-corrected chi connectivity index (χ3v) is 3.82.